The molecule has 160 valence electrons. The Labute approximate surface area is 181 Å². The molecule has 0 fully saturated rings. The molecule has 0 unspecified atom stereocenters. The Morgan fingerprint density at radius 2 is 1.65 bits per heavy atom. The van der Waals surface area contributed by atoms with E-state index in [1.165, 1.54) is 19.8 Å². The maximum atomic E-state index is 13.1. The van der Waals surface area contributed by atoms with Gasteiger partial charge in [-0.15, -0.1) is 0 Å². The van der Waals surface area contributed by atoms with Gasteiger partial charge in [-0.05, 0) is 28.3 Å². The van der Waals surface area contributed by atoms with Gasteiger partial charge in [0.2, 0.25) is 17.2 Å². The van der Waals surface area contributed by atoms with Crippen molar-refractivity contribution in [3.05, 3.63) is 89.8 Å². The van der Waals surface area contributed by atoms with Gasteiger partial charge in [0, 0.05) is 20.8 Å². The first kappa shape index (κ1) is 21.3. The third-order valence-corrected chi connectivity index (χ3v) is 6.94. The van der Waals surface area contributed by atoms with Crippen LogP contribution in [0.4, 0.5) is 5.88 Å². The lowest BCUT2D eigenvalue weighted by Gasteiger charge is -2.12. The Bertz CT molecular complexity index is 1190. The van der Waals surface area contributed by atoms with Crippen LogP contribution in [0, 0.1) is 0 Å². The van der Waals surface area contributed by atoms with Gasteiger partial charge in [-0.25, -0.2) is 4.98 Å². The molecule has 4 rings (SSSR count). The van der Waals surface area contributed by atoms with E-state index in [1.807, 2.05) is 42.5 Å². The minimum Gasteiger partial charge on any atom is -0.424 e. The number of fused-ring (bicyclic) bond motifs is 1. The molecular formula is C24H25N2O4P. The summed E-state index contributed by atoms with van der Waals surface area (Å²) >= 11 is 0. The normalized spacial score (nSPS) is 11.7. The van der Waals surface area contributed by atoms with Crippen molar-refractivity contribution in [3.8, 4) is 0 Å². The van der Waals surface area contributed by atoms with Crippen LogP contribution in [0.15, 0.2) is 77.2 Å². The van der Waals surface area contributed by atoms with Crippen molar-refractivity contribution >= 4 is 29.7 Å². The topological polar surface area (TPSA) is 73.6 Å². The summed E-state index contributed by atoms with van der Waals surface area (Å²) in [6.45, 7) is 0.591. The molecule has 0 bridgehead atoms. The van der Waals surface area contributed by atoms with E-state index in [0.29, 0.717) is 24.7 Å². The summed E-state index contributed by atoms with van der Waals surface area (Å²) in [6.07, 6.45) is 1.24. The molecule has 3 aromatic carbocycles. The number of hydrogen-bond acceptors (Lipinski definition) is 6. The van der Waals surface area contributed by atoms with E-state index < -0.39 is 7.60 Å². The highest BCUT2D eigenvalue weighted by atomic mass is 31.2. The Balaban J connectivity index is 1.62. The van der Waals surface area contributed by atoms with E-state index in [4.69, 9.17) is 13.5 Å². The molecule has 0 radical (unpaired) electrons. The van der Waals surface area contributed by atoms with Gasteiger partial charge in [0.1, 0.15) is 0 Å². The van der Waals surface area contributed by atoms with Crippen molar-refractivity contribution in [2.24, 2.45) is 0 Å². The first-order valence-electron chi connectivity index (χ1n) is 10.1. The van der Waals surface area contributed by atoms with Gasteiger partial charge in [-0.3, -0.25) is 4.57 Å². The Kier molecular flexibility index (Phi) is 6.52. The zero-order chi connectivity index (χ0) is 21.7. The smallest absolute Gasteiger partial charge is 0.384 e. The summed E-state index contributed by atoms with van der Waals surface area (Å²) in [4.78, 5) is 4.51. The standard InChI is InChI=1S/C24H25N2O4P/c1-28-31(27,29-2)24-23(25-16-15-18-9-4-3-5-10-18)30-22(26-24)17-20-13-8-12-19-11-6-7-14-21(19)20/h3-14,25H,15-17H2,1-2H3. The van der Waals surface area contributed by atoms with E-state index in [0.717, 1.165) is 22.8 Å². The molecule has 6 nitrogen and oxygen atoms in total. The zero-order valence-corrected chi connectivity index (χ0v) is 18.5. The van der Waals surface area contributed by atoms with Crippen molar-refractivity contribution in [1.82, 2.24) is 4.98 Å². The summed E-state index contributed by atoms with van der Waals surface area (Å²) in [6, 6.07) is 24.4. The predicted octanol–water partition coefficient (Wildman–Crippen LogP) is 5.18. The molecule has 0 aliphatic rings. The molecule has 0 saturated heterocycles. The molecule has 4 aromatic rings. The van der Waals surface area contributed by atoms with Gasteiger partial charge >= 0.3 is 7.60 Å². The molecule has 0 spiro atoms. The van der Waals surface area contributed by atoms with Crippen molar-refractivity contribution in [2.45, 2.75) is 12.8 Å². The fraction of sp³-hybridized carbons (Fsp3) is 0.208. The summed E-state index contributed by atoms with van der Waals surface area (Å²) in [5.74, 6) is 0.765. The number of aromatic nitrogens is 1. The lowest BCUT2D eigenvalue weighted by molar-refractivity contribution is 0.286. The highest BCUT2D eigenvalue weighted by molar-refractivity contribution is 7.62. The van der Waals surface area contributed by atoms with Crippen LogP contribution in [-0.2, 0) is 26.5 Å². The van der Waals surface area contributed by atoms with E-state index in [-0.39, 0.29) is 5.44 Å². The molecule has 0 aliphatic heterocycles. The van der Waals surface area contributed by atoms with E-state index in [2.05, 4.69) is 40.6 Å². The largest absolute Gasteiger partial charge is 0.424 e. The number of nitrogens with one attached hydrogen (secondary N) is 1. The van der Waals surface area contributed by atoms with Crippen LogP contribution >= 0.6 is 7.60 Å². The fourth-order valence-electron chi connectivity index (χ4n) is 3.55. The zero-order valence-electron chi connectivity index (χ0n) is 17.6. The van der Waals surface area contributed by atoms with Crippen LogP contribution in [0.3, 0.4) is 0 Å². The molecule has 7 heteroatoms. The number of anilines is 1. The summed E-state index contributed by atoms with van der Waals surface area (Å²) in [5.41, 5.74) is 2.43. The fourth-order valence-corrected chi connectivity index (χ4v) is 4.66. The van der Waals surface area contributed by atoms with Gasteiger partial charge in [0.05, 0.1) is 6.42 Å². The summed E-state index contributed by atoms with van der Waals surface area (Å²) in [5, 5.41) is 5.49. The minimum atomic E-state index is -3.58. The highest BCUT2D eigenvalue weighted by Gasteiger charge is 2.34. The SMILES string of the molecule is COP(=O)(OC)c1nc(Cc2cccc3ccccc23)oc1NCCc1ccccc1. The number of hydrogen-bond donors (Lipinski definition) is 1. The lowest BCUT2D eigenvalue weighted by Crippen LogP contribution is -2.16. The molecule has 0 amide bonds. The monoisotopic (exact) mass is 436 g/mol. The number of rotatable bonds is 9. The molecule has 1 aromatic heterocycles. The minimum absolute atomic E-state index is 0.167. The Morgan fingerprint density at radius 3 is 2.42 bits per heavy atom. The second kappa shape index (κ2) is 9.48. The first-order valence-corrected chi connectivity index (χ1v) is 11.6. The van der Waals surface area contributed by atoms with E-state index in [9.17, 15) is 4.57 Å². The van der Waals surface area contributed by atoms with Crippen molar-refractivity contribution in [1.29, 1.82) is 0 Å². The van der Waals surface area contributed by atoms with Crippen LogP contribution in [0.5, 0.6) is 0 Å². The molecule has 31 heavy (non-hydrogen) atoms. The summed E-state index contributed by atoms with van der Waals surface area (Å²) in [7, 11) is -0.894. The van der Waals surface area contributed by atoms with Crippen LogP contribution < -0.4 is 10.8 Å². The maximum absolute atomic E-state index is 13.1. The van der Waals surface area contributed by atoms with Crippen molar-refractivity contribution in [2.75, 3.05) is 26.1 Å². The van der Waals surface area contributed by atoms with Crippen LogP contribution in [0.2, 0.25) is 0 Å². The van der Waals surface area contributed by atoms with Gasteiger partial charge in [0.15, 0.2) is 0 Å². The van der Waals surface area contributed by atoms with Crippen LogP contribution in [0.1, 0.15) is 17.0 Å². The first-order chi connectivity index (χ1) is 15.1. The van der Waals surface area contributed by atoms with Gasteiger partial charge in [-0.2, -0.15) is 0 Å². The number of nitrogens with zero attached hydrogens (tertiary/aromatic N) is 1. The van der Waals surface area contributed by atoms with Crippen LogP contribution in [-0.4, -0.2) is 25.7 Å². The Hall–Kier alpha value is -2.92. The third-order valence-electron chi connectivity index (χ3n) is 5.16. The molecule has 1 N–H and O–H groups in total. The molecule has 0 atom stereocenters. The molecule has 0 aliphatic carbocycles. The average molecular weight is 436 g/mol. The predicted molar refractivity (Wildman–Crippen MR) is 123 cm³/mol. The van der Waals surface area contributed by atoms with Crippen molar-refractivity contribution < 1.29 is 18.0 Å². The van der Waals surface area contributed by atoms with E-state index in [1.54, 1.807) is 0 Å². The average Bonchev–Trinajstić information content (AvgIpc) is 3.22. The van der Waals surface area contributed by atoms with Crippen LogP contribution in [0.25, 0.3) is 10.8 Å². The lowest BCUT2D eigenvalue weighted by atomic mass is 10.0. The van der Waals surface area contributed by atoms with Gasteiger partial charge in [-0.1, -0.05) is 72.8 Å². The Morgan fingerprint density at radius 1 is 0.935 bits per heavy atom. The third kappa shape index (κ3) is 4.72. The molecular weight excluding hydrogens is 411 g/mol. The second-order valence-corrected chi connectivity index (χ2v) is 9.25. The quantitative estimate of drug-likeness (QED) is 0.364. The number of benzene rings is 3. The van der Waals surface area contributed by atoms with E-state index >= 15 is 0 Å². The van der Waals surface area contributed by atoms with Gasteiger partial charge < -0.3 is 18.8 Å². The highest BCUT2D eigenvalue weighted by Crippen LogP contribution is 2.47. The number of oxazole rings is 1. The molecule has 1 heterocycles. The summed E-state index contributed by atoms with van der Waals surface area (Å²) < 4.78 is 29.4. The maximum Gasteiger partial charge on any atom is 0.384 e. The van der Waals surface area contributed by atoms with Gasteiger partial charge in [0.25, 0.3) is 0 Å². The molecule has 0 saturated carbocycles. The second-order valence-electron chi connectivity index (χ2n) is 7.10. The van der Waals surface area contributed by atoms with Crippen molar-refractivity contribution in [3.63, 3.8) is 0 Å².